The highest BCUT2D eigenvalue weighted by atomic mass is 16.1. The summed E-state index contributed by atoms with van der Waals surface area (Å²) in [5, 5.41) is 2.93. The molecule has 1 N–H and O–H groups in total. The van der Waals surface area contributed by atoms with Gasteiger partial charge >= 0.3 is 0 Å². The van der Waals surface area contributed by atoms with Gasteiger partial charge in [0.2, 0.25) is 5.91 Å². The van der Waals surface area contributed by atoms with Crippen LogP contribution in [0, 0.1) is 6.92 Å². The lowest BCUT2D eigenvalue weighted by molar-refractivity contribution is -0.120. The summed E-state index contributed by atoms with van der Waals surface area (Å²) in [6.07, 6.45) is 1.24. The third-order valence-electron chi connectivity index (χ3n) is 4.15. The molecule has 4 heteroatoms. The Kier molecular flexibility index (Phi) is 4.94. The molecule has 0 aliphatic carbocycles. The van der Waals surface area contributed by atoms with E-state index in [1.54, 1.807) is 0 Å². The lowest BCUT2D eigenvalue weighted by Gasteiger charge is -2.10. The van der Waals surface area contributed by atoms with Gasteiger partial charge in [0.05, 0.1) is 11.0 Å². The van der Waals surface area contributed by atoms with Crippen LogP contribution in [0.3, 0.4) is 0 Å². The number of amides is 1. The van der Waals surface area contributed by atoms with Crippen molar-refractivity contribution in [2.45, 2.75) is 33.2 Å². The molecule has 0 unspecified atom stereocenters. The molecule has 0 saturated carbocycles. The first kappa shape index (κ1) is 16.2. The Hall–Kier alpha value is -2.62. The normalized spacial score (nSPS) is 10.9. The number of carbonyl (C=O) groups is 1. The second-order valence-corrected chi connectivity index (χ2v) is 6.05. The summed E-state index contributed by atoms with van der Waals surface area (Å²) in [7, 11) is 0. The summed E-state index contributed by atoms with van der Waals surface area (Å²) >= 11 is 0. The smallest absolute Gasteiger partial charge is 0.219 e. The van der Waals surface area contributed by atoms with E-state index in [1.807, 2.05) is 25.1 Å². The minimum Gasteiger partial charge on any atom is -0.356 e. The van der Waals surface area contributed by atoms with Gasteiger partial charge in [0.1, 0.15) is 5.82 Å². The van der Waals surface area contributed by atoms with E-state index < -0.39 is 0 Å². The molecular formula is C20H23N3O. The molecule has 0 aliphatic rings. The van der Waals surface area contributed by atoms with Crippen LogP contribution < -0.4 is 5.32 Å². The van der Waals surface area contributed by atoms with Crippen molar-refractivity contribution in [2.24, 2.45) is 0 Å². The third kappa shape index (κ3) is 3.65. The highest BCUT2D eigenvalue weighted by Gasteiger charge is 2.11. The molecule has 1 amide bonds. The lowest BCUT2D eigenvalue weighted by atomic mass is 10.1. The monoisotopic (exact) mass is 321 g/mol. The maximum atomic E-state index is 11.4. The summed E-state index contributed by atoms with van der Waals surface area (Å²) in [5.74, 6) is 1.09. The number of hydrogen-bond acceptors (Lipinski definition) is 2. The summed E-state index contributed by atoms with van der Waals surface area (Å²) < 4.78 is 2.25. The van der Waals surface area contributed by atoms with Crippen LogP contribution in [0.15, 0.2) is 48.5 Å². The first-order valence-electron chi connectivity index (χ1n) is 8.43. The maximum Gasteiger partial charge on any atom is 0.219 e. The van der Waals surface area contributed by atoms with E-state index >= 15 is 0 Å². The second kappa shape index (κ2) is 7.30. The Morgan fingerprint density at radius 2 is 2.00 bits per heavy atom. The number of aromatic nitrogens is 2. The van der Waals surface area contributed by atoms with E-state index in [4.69, 9.17) is 4.98 Å². The van der Waals surface area contributed by atoms with Gasteiger partial charge in [-0.05, 0) is 24.6 Å². The fourth-order valence-corrected chi connectivity index (χ4v) is 2.92. The van der Waals surface area contributed by atoms with Gasteiger partial charge in [0, 0.05) is 25.9 Å². The van der Waals surface area contributed by atoms with E-state index in [0.29, 0.717) is 13.0 Å². The van der Waals surface area contributed by atoms with Crippen molar-refractivity contribution in [3.63, 3.8) is 0 Å². The Balaban J connectivity index is 1.88. The van der Waals surface area contributed by atoms with Crippen molar-refractivity contribution in [1.82, 2.24) is 14.9 Å². The van der Waals surface area contributed by atoms with E-state index in [-0.39, 0.29) is 5.91 Å². The van der Waals surface area contributed by atoms with Crippen LogP contribution in [0.2, 0.25) is 0 Å². The first-order chi connectivity index (χ1) is 11.7. The number of imidazole rings is 1. The van der Waals surface area contributed by atoms with E-state index in [2.05, 4.69) is 47.1 Å². The fraction of sp³-hybridized carbons (Fsp3) is 0.300. The molecule has 0 radical (unpaired) electrons. The third-order valence-corrected chi connectivity index (χ3v) is 4.15. The predicted octanol–water partition coefficient (Wildman–Crippen LogP) is 3.46. The number of nitrogens with one attached hydrogen (secondary N) is 1. The molecule has 1 aromatic heterocycles. The van der Waals surface area contributed by atoms with Crippen LogP contribution >= 0.6 is 0 Å². The van der Waals surface area contributed by atoms with E-state index in [1.165, 1.54) is 11.1 Å². The molecule has 24 heavy (non-hydrogen) atoms. The van der Waals surface area contributed by atoms with Gasteiger partial charge < -0.3 is 9.88 Å². The van der Waals surface area contributed by atoms with Gasteiger partial charge in [0.15, 0.2) is 0 Å². The maximum absolute atomic E-state index is 11.4. The second-order valence-electron chi connectivity index (χ2n) is 6.05. The lowest BCUT2D eigenvalue weighted by Crippen LogP contribution is -2.25. The molecule has 3 rings (SSSR count). The standard InChI is InChI=1S/C20H23N3O/c1-3-20(24)21-12-11-19-22-17-9-4-5-10-18(17)23(19)14-16-8-6-7-15(2)13-16/h4-10,13H,3,11-12,14H2,1-2H3,(H,21,24). The number of nitrogens with zero attached hydrogens (tertiary/aromatic N) is 2. The van der Waals surface area contributed by atoms with Crippen LogP contribution in [0.4, 0.5) is 0 Å². The number of fused-ring (bicyclic) bond motifs is 1. The Morgan fingerprint density at radius 1 is 1.17 bits per heavy atom. The van der Waals surface area contributed by atoms with Gasteiger partial charge in [-0.25, -0.2) is 4.98 Å². The highest BCUT2D eigenvalue weighted by molar-refractivity contribution is 5.76. The van der Waals surface area contributed by atoms with Crippen molar-refractivity contribution in [1.29, 1.82) is 0 Å². The average molecular weight is 321 g/mol. The number of rotatable bonds is 6. The zero-order valence-corrected chi connectivity index (χ0v) is 14.2. The number of hydrogen-bond donors (Lipinski definition) is 1. The van der Waals surface area contributed by atoms with Crippen LogP contribution in [-0.4, -0.2) is 22.0 Å². The van der Waals surface area contributed by atoms with Crippen LogP contribution in [0.5, 0.6) is 0 Å². The Bertz CT molecular complexity index is 851. The van der Waals surface area contributed by atoms with Gasteiger partial charge in [-0.1, -0.05) is 48.9 Å². The Labute approximate surface area is 142 Å². The molecule has 0 atom stereocenters. The highest BCUT2D eigenvalue weighted by Crippen LogP contribution is 2.18. The molecule has 1 heterocycles. The predicted molar refractivity (Wildman–Crippen MR) is 97.0 cm³/mol. The molecule has 0 bridgehead atoms. The van der Waals surface area contributed by atoms with Crippen molar-refractivity contribution < 1.29 is 4.79 Å². The summed E-state index contributed by atoms with van der Waals surface area (Å²) in [6.45, 7) is 5.38. The minimum atomic E-state index is 0.0799. The van der Waals surface area contributed by atoms with E-state index in [9.17, 15) is 4.79 Å². The largest absolute Gasteiger partial charge is 0.356 e. The zero-order chi connectivity index (χ0) is 16.9. The summed E-state index contributed by atoms with van der Waals surface area (Å²) in [4.78, 5) is 16.2. The zero-order valence-electron chi connectivity index (χ0n) is 14.2. The summed E-state index contributed by atoms with van der Waals surface area (Å²) in [6, 6.07) is 16.7. The van der Waals surface area contributed by atoms with Crippen LogP contribution in [-0.2, 0) is 17.8 Å². The van der Waals surface area contributed by atoms with Gasteiger partial charge in [-0.15, -0.1) is 0 Å². The quantitative estimate of drug-likeness (QED) is 0.756. The number of benzene rings is 2. The van der Waals surface area contributed by atoms with Crippen molar-refractivity contribution >= 4 is 16.9 Å². The first-order valence-corrected chi connectivity index (χ1v) is 8.43. The summed E-state index contributed by atoms with van der Waals surface area (Å²) in [5.41, 5.74) is 4.66. The number of aryl methyl sites for hydroxylation is 1. The number of carbonyl (C=O) groups excluding carboxylic acids is 1. The van der Waals surface area contributed by atoms with Crippen molar-refractivity contribution in [2.75, 3.05) is 6.54 Å². The van der Waals surface area contributed by atoms with Gasteiger partial charge in [-0.3, -0.25) is 4.79 Å². The van der Waals surface area contributed by atoms with Crippen LogP contribution in [0.25, 0.3) is 11.0 Å². The van der Waals surface area contributed by atoms with Gasteiger partial charge in [-0.2, -0.15) is 0 Å². The van der Waals surface area contributed by atoms with Crippen molar-refractivity contribution in [3.05, 3.63) is 65.5 Å². The van der Waals surface area contributed by atoms with Crippen LogP contribution in [0.1, 0.15) is 30.3 Å². The molecule has 3 aromatic rings. The van der Waals surface area contributed by atoms with Gasteiger partial charge in [0.25, 0.3) is 0 Å². The SMILES string of the molecule is CCC(=O)NCCc1nc2ccccc2n1Cc1cccc(C)c1. The number of para-hydroxylation sites is 2. The van der Waals surface area contributed by atoms with E-state index in [0.717, 1.165) is 29.8 Å². The Morgan fingerprint density at radius 3 is 2.79 bits per heavy atom. The molecular weight excluding hydrogens is 298 g/mol. The molecule has 4 nitrogen and oxygen atoms in total. The fourth-order valence-electron chi connectivity index (χ4n) is 2.92. The topological polar surface area (TPSA) is 46.9 Å². The molecule has 124 valence electrons. The average Bonchev–Trinajstić information content (AvgIpc) is 2.92. The molecule has 0 fully saturated rings. The molecule has 0 spiro atoms. The molecule has 2 aromatic carbocycles. The van der Waals surface area contributed by atoms with Crippen molar-refractivity contribution in [3.8, 4) is 0 Å². The molecule has 0 aliphatic heterocycles. The molecule has 0 saturated heterocycles. The minimum absolute atomic E-state index is 0.0799.